The Bertz CT molecular complexity index is 550. The molecule has 0 aromatic heterocycles. The van der Waals surface area contributed by atoms with Crippen LogP contribution >= 0.6 is 0 Å². The zero-order chi connectivity index (χ0) is 14.0. The summed E-state index contributed by atoms with van der Waals surface area (Å²) in [6.07, 6.45) is 8.00. The molecule has 1 N–H and O–H groups in total. The van der Waals surface area contributed by atoms with Crippen molar-refractivity contribution in [2.45, 2.75) is 50.0 Å². The Morgan fingerprint density at radius 3 is 2.90 bits per heavy atom. The molecule has 1 aromatic rings. The highest BCUT2D eigenvalue weighted by molar-refractivity contribution is 5.44. The minimum absolute atomic E-state index is 0.378. The molecule has 1 saturated heterocycles. The van der Waals surface area contributed by atoms with Gasteiger partial charge in [0.1, 0.15) is 5.75 Å². The molecule has 0 unspecified atom stereocenters. The number of fused-ring (bicyclic) bond motifs is 1. The van der Waals surface area contributed by atoms with E-state index in [1.807, 2.05) is 6.07 Å². The predicted octanol–water partition coefficient (Wildman–Crippen LogP) is 3.23. The SMILES string of the molecule is C[N+]1(C)CC[C@@]23CCCC[C@@H]2[C@@H]1Cc1ccc(O)cc13. The summed E-state index contributed by atoms with van der Waals surface area (Å²) in [5, 5.41) is 9.97. The summed E-state index contributed by atoms with van der Waals surface area (Å²) in [5.74, 6) is 1.29. The van der Waals surface area contributed by atoms with Gasteiger partial charge in [-0.2, -0.15) is 0 Å². The van der Waals surface area contributed by atoms with Gasteiger partial charge >= 0.3 is 0 Å². The van der Waals surface area contributed by atoms with Crippen molar-refractivity contribution >= 4 is 0 Å². The number of phenolic OH excluding ortho intramolecular Hbond substituents is 1. The smallest absolute Gasteiger partial charge is 0.115 e. The topological polar surface area (TPSA) is 20.2 Å². The molecule has 1 heterocycles. The maximum Gasteiger partial charge on any atom is 0.115 e. The third kappa shape index (κ3) is 1.54. The molecule has 2 fully saturated rings. The number of benzene rings is 1. The van der Waals surface area contributed by atoms with Crippen molar-refractivity contribution in [2.24, 2.45) is 5.92 Å². The van der Waals surface area contributed by atoms with E-state index in [1.54, 1.807) is 0 Å². The van der Waals surface area contributed by atoms with Gasteiger partial charge in [-0.15, -0.1) is 0 Å². The van der Waals surface area contributed by atoms with Crippen molar-refractivity contribution in [1.82, 2.24) is 0 Å². The van der Waals surface area contributed by atoms with Gasteiger partial charge in [-0.05, 0) is 36.1 Å². The second kappa shape index (κ2) is 4.00. The molecule has 1 aliphatic heterocycles. The van der Waals surface area contributed by atoms with Gasteiger partial charge in [0.25, 0.3) is 0 Å². The molecule has 1 aromatic carbocycles. The summed E-state index contributed by atoms with van der Waals surface area (Å²) in [6, 6.07) is 6.94. The molecule has 2 nitrogen and oxygen atoms in total. The first-order chi connectivity index (χ1) is 9.53. The Kier molecular flexibility index (Phi) is 2.54. The number of nitrogens with zero attached hydrogens (tertiary/aromatic N) is 1. The predicted molar refractivity (Wildman–Crippen MR) is 80.8 cm³/mol. The highest BCUT2D eigenvalue weighted by Gasteiger charge is 2.57. The number of piperidine rings is 1. The third-order valence-electron chi connectivity index (χ3n) is 6.65. The number of aromatic hydroxyl groups is 1. The summed E-state index contributed by atoms with van der Waals surface area (Å²) < 4.78 is 1.19. The van der Waals surface area contributed by atoms with Crippen LogP contribution in [0.1, 0.15) is 43.2 Å². The van der Waals surface area contributed by atoms with Crippen LogP contribution in [-0.2, 0) is 11.8 Å². The molecule has 20 heavy (non-hydrogen) atoms. The average Bonchev–Trinajstić information content (AvgIpc) is 2.44. The van der Waals surface area contributed by atoms with E-state index in [0.717, 1.165) is 12.0 Å². The van der Waals surface area contributed by atoms with Gasteiger partial charge in [0.05, 0.1) is 26.7 Å². The lowest BCUT2D eigenvalue weighted by molar-refractivity contribution is -0.927. The van der Waals surface area contributed by atoms with Crippen molar-refractivity contribution in [3.8, 4) is 5.75 Å². The van der Waals surface area contributed by atoms with Crippen LogP contribution in [0.15, 0.2) is 18.2 Å². The van der Waals surface area contributed by atoms with Gasteiger partial charge in [-0.1, -0.05) is 18.9 Å². The van der Waals surface area contributed by atoms with E-state index in [9.17, 15) is 5.11 Å². The number of likely N-dealkylation sites (N-methyl/N-ethyl adjacent to an activating group) is 1. The van der Waals surface area contributed by atoms with Crippen LogP contribution in [0.25, 0.3) is 0 Å². The Balaban J connectivity index is 1.92. The van der Waals surface area contributed by atoms with Gasteiger partial charge < -0.3 is 9.59 Å². The fourth-order valence-corrected chi connectivity index (χ4v) is 5.57. The lowest BCUT2D eigenvalue weighted by Gasteiger charge is -2.60. The summed E-state index contributed by atoms with van der Waals surface area (Å²) in [4.78, 5) is 0. The lowest BCUT2D eigenvalue weighted by Crippen LogP contribution is -2.66. The van der Waals surface area contributed by atoms with E-state index in [1.165, 1.54) is 60.7 Å². The van der Waals surface area contributed by atoms with Gasteiger partial charge in [-0.25, -0.2) is 0 Å². The number of phenols is 1. The van der Waals surface area contributed by atoms with Crippen molar-refractivity contribution in [3.63, 3.8) is 0 Å². The zero-order valence-electron chi connectivity index (χ0n) is 12.7. The van der Waals surface area contributed by atoms with Crippen molar-refractivity contribution in [3.05, 3.63) is 29.3 Å². The minimum Gasteiger partial charge on any atom is -0.508 e. The highest BCUT2D eigenvalue weighted by Crippen LogP contribution is 2.57. The van der Waals surface area contributed by atoms with E-state index in [0.29, 0.717) is 11.2 Å². The Morgan fingerprint density at radius 2 is 2.05 bits per heavy atom. The maximum atomic E-state index is 9.97. The first-order valence-electron chi connectivity index (χ1n) is 8.18. The Morgan fingerprint density at radius 1 is 1.20 bits per heavy atom. The van der Waals surface area contributed by atoms with Crippen LogP contribution in [0.5, 0.6) is 5.75 Å². The molecule has 108 valence electrons. The summed E-state index contributed by atoms with van der Waals surface area (Å²) >= 11 is 0. The van der Waals surface area contributed by atoms with Crippen LogP contribution < -0.4 is 0 Å². The minimum atomic E-state index is 0.378. The van der Waals surface area contributed by atoms with Crippen molar-refractivity contribution in [1.29, 1.82) is 0 Å². The fourth-order valence-electron chi connectivity index (χ4n) is 5.57. The largest absolute Gasteiger partial charge is 0.508 e. The summed E-state index contributed by atoms with van der Waals surface area (Å²) in [5.41, 5.74) is 3.39. The van der Waals surface area contributed by atoms with Crippen LogP contribution in [0.4, 0.5) is 0 Å². The molecular weight excluding hydrogens is 246 g/mol. The van der Waals surface area contributed by atoms with E-state index >= 15 is 0 Å². The number of likely N-dealkylation sites (tertiary alicyclic amines) is 1. The van der Waals surface area contributed by atoms with E-state index in [4.69, 9.17) is 0 Å². The third-order valence-corrected chi connectivity index (χ3v) is 6.65. The number of quaternary nitrogens is 1. The molecule has 0 amide bonds. The molecule has 0 radical (unpaired) electrons. The molecule has 1 saturated carbocycles. The lowest BCUT2D eigenvalue weighted by atomic mass is 9.52. The summed E-state index contributed by atoms with van der Waals surface area (Å²) in [7, 11) is 4.85. The molecule has 4 rings (SSSR count). The van der Waals surface area contributed by atoms with Crippen LogP contribution in [0, 0.1) is 5.92 Å². The van der Waals surface area contributed by atoms with E-state index in [-0.39, 0.29) is 0 Å². The average molecular weight is 272 g/mol. The number of rotatable bonds is 0. The van der Waals surface area contributed by atoms with E-state index < -0.39 is 0 Å². The van der Waals surface area contributed by atoms with E-state index in [2.05, 4.69) is 26.2 Å². The molecule has 2 heteroatoms. The van der Waals surface area contributed by atoms with Gasteiger partial charge in [-0.3, -0.25) is 0 Å². The first-order valence-corrected chi connectivity index (χ1v) is 8.18. The van der Waals surface area contributed by atoms with Crippen LogP contribution in [0.2, 0.25) is 0 Å². The number of hydrogen-bond donors (Lipinski definition) is 1. The monoisotopic (exact) mass is 272 g/mol. The molecular formula is C18H26NO+. The van der Waals surface area contributed by atoms with Gasteiger partial charge in [0, 0.05) is 24.2 Å². The Hall–Kier alpha value is -1.02. The van der Waals surface area contributed by atoms with Gasteiger partial charge in [0.15, 0.2) is 0 Å². The normalized spacial score (nSPS) is 37.9. The quantitative estimate of drug-likeness (QED) is 0.719. The molecule has 3 aliphatic rings. The highest BCUT2D eigenvalue weighted by atomic mass is 16.3. The van der Waals surface area contributed by atoms with Gasteiger partial charge in [0.2, 0.25) is 0 Å². The second-order valence-electron chi connectivity index (χ2n) is 7.87. The van der Waals surface area contributed by atoms with Crippen LogP contribution in [0.3, 0.4) is 0 Å². The fraction of sp³-hybridized carbons (Fsp3) is 0.667. The number of hydrogen-bond acceptors (Lipinski definition) is 1. The zero-order valence-corrected chi connectivity index (χ0v) is 12.7. The molecule has 2 bridgehead atoms. The first kappa shape index (κ1) is 12.7. The standard InChI is InChI=1S/C18H25NO/c1-19(2)10-9-18-8-4-3-5-15(18)17(19)11-13-6-7-14(20)12-16(13)18/h6-7,12,15,17H,3-5,8-11H2,1-2H3/p+1/t15-,17+,18+/m1/s1. The van der Waals surface area contributed by atoms with Crippen molar-refractivity contribution in [2.75, 3.05) is 20.6 Å². The van der Waals surface area contributed by atoms with Crippen LogP contribution in [-0.4, -0.2) is 36.3 Å². The molecule has 2 aliphatic carbocycles. The maximum absolute atomic E-state index is 9.97. The second-order valence-corrected chi connectivity index (χ2v) is 7.87. The summed E-state index contributed by atoms with van der Waals surface area (Å²) in [6.45, 7) is 1.29. The molecule has 3 atom stereocenters. The Labute approximate surface area is 122 Å². The van der Waals surface area contributed by atoms with Crippen molar-refractivity contribution < 1.29 is 9.59 Å². The molecule has 0 spiro atoms.